The van der Waals surface area contributed by atoms with Crippen LogP contribution in [0.4, 0.5) is 22.0 Å². The summed E-state index contributed by atoms with van der Waals surface area (Å²) in [4.78, 5) is 24.3. The number of hydrogen-bond acceptors (Lipinski definition) is 4. The smallest absolute Gasteiger partial charge is 0.406 e. The number of halogens is 5. The lowest BCUT2D eigenvalue weighted by atomic mass is 9.86. The summed E-state index contributed by atoms with van der Waals surface area (Å²) in [5.41, 5.74) is -3.06. The number of amides is 1. The molecule has 24 heavy (non-hydrogen) atoms. The van der Waals surface area contributed by atoms with Crippen molar-refractivity contribution in [2.75, 3.05) is 13.1 Å². The van der Waals surface area contributed by atoms with Crippen LogP contribution in [0.25, 0.3) is 0 Å². The fraction of sp³-hybridized carbons (Fsp3) is 0.538. The summed E-state index contributed by atoms with van der Waals surface area (Å²) in [5, 5.41) is 8.97. The lowest BCUT2D eigenvalue weighted by molar-refractivity contribution is -0.227. The van der Waals surface area contributed by atoms with Gasteiger partial charge in [-0.05, 0) is 19.4 Å². The summed E-state index contributed by atoms with van der Waals surface area (Å²) in [6, 6.07) is 1.17. The van der Waals surface area contributed by atoms with Crippen molar-refractivity contribution in [2.45, 2.75) is 26.1 Å². The SMILES string of the molecule is Cc1cc(OC(F)F)c(C(=O)N2CCC(C(=O)O)(C(F)(F)F)C2)s1. The first-order chi connectivity index (χ1) is 11.0. The van der Waals surface area contributed by atoms with Crippen LogP contribution in [-0.2, 0) is 4.79 Å². The van der Waals surface area contributed by atoms with Crippen molar-refractivity contribution in [1.82, 2.24) is 4.90 Å². The van der Waals surface area contributed by atoms with Gasteiger partial charge in [0.25, 0.3) is 5.91 Å². The second-order valence-electron chi connectivity index (χ2n) is 5.29. The van der Waals surface area contributed by atoms with Gasteiger partial charge in [-0.25, -0.2) is 0 Å². The molecule has 0 saturated carbocycles. The van der Waals surface area contributed by atoms with Gasteiger partial charge in [-0.15, -0.1) is 11.3 Å². The molecule has 0 radical (unpaired) electrons. The van der Waals surface area contributed by atoms with Crippen molar-refractivity contribution in [1.29, 1.82) is 0 Å². The van der Waals surface area contributed by atoms with Gasteiger partial charge < -0.3 is 14.7 Å². The van der Waals surface area contributed by atoms with Crippen LogP contribution in [0.3, 0.4) is 0 Å². The Morgan fingerprint density at radius 1 is 1.42 bits per heavy atom. The molecule has 0 spiro atoms. The highest BCUT2D eigenvalue weighted by Gasteiger charge is 2.64. The molecule has 1 saturated heterocycles. The molecule has 0 aromatic carbocycles. The molecule has 11 heteroatoms. The first-order valence-corrected chi connectivity index (χ1v) is 7.44. The third-order valence-electron chi connectivity index (χ3n) is 3.74. The summed E-state index contributed by atoms with van der Waals surface area (Å²) in [6.45, 7) is -3.20. The average molecular weight is 373 g/mol. The van der Waals surface area contributed by atoms with Crippen molar-refractivity contribution >= 4 is 23.2 Å². The van der Waals surface area contributed by atoms with Crippen molar-refractivity contribution in [2.24, 2.45) is 5.41 Å². The van der Waals surface area contributed by atoms with Gasteiger partial charge in [-0.1, -0.05) is 0 Å². The van der Waals surface area contributed by atoms with Crippen LogP contribution < -0.4 is 4.74 Å². The van der Waals surface area contributed by atoms with Crippen molar-refractivity contribution < 1.29 is 41.4 Å². The second-order valence-corrected chi connectivity index (χ2v) is 6.55. The number of thiophene rings is 1. The number of aryl methyl sites for hydroxylation is 1. The number of alkyl halides is 5. The Bertz CT molecular complexity index is 659. The number of likely N-dealkylation sites (tertiary alicyclic amines) is 1. The van der Waals surface area contributed by atoms with Crippen LogP contribution >= 0.6 is 11.3 Å². The molecule has 1 aliphatic rings. The molecule has 1 fully saturated rings. The van der Waals surface area contributed by atoms with Crippen LogP contribution in [-0.4, -0.2) is 47.8 Å². The monoisotopic (exact) mass is 373 g/mol. The Morgan fingerprint density at radius 2 is 2.04 bits per heavy atom. The molecule has 1 atom stereocenters. The third-order valence-corrected chi connectivity index (χ3v) is 4.76. The van der Waals surface area contributed by atoms with E-state index in [1.54, 1.807) is 0 Å². The lowest BCUT2D eigenvalue weighted by Crippen LogP contribution is -2.47. The van der Waals surface area contributed by atoms with Crippen LogP contribution in [0.15, 0.2) is 6.07 Å². The van der Waals surface area contributed by atoms with Gasteiger partial charge in [0.15, 0.2) is 5.41 Å². The maximum atomic E-state index is 13.1. The number of rotatable bonds is 4. The Morgan fingerprint density at radius 3 is 2.50 bits per heavy atom. The minimum absolute atomic E-state index is 0.281. The normalized spacial score (nSPS) is 21.4. The number of nitrogens with zero attached hydrogens (tertiary/aromatic N) is 1. The number of carbonyl (C=O) groups is 2. The third kappa shape index (κ3) is 3.17. The van der Waals surface area contributed by atoms with Gasteiger partial charge >= 0.3 is 18.8 Å². The molecule has 134 valence electrons. The van der Waals surface area contributed by atoms with Crippen molar-refractivity contribution in [3.8, 4) is 5.75 Å². The van der Waals surface area contributed by atoms with E-state index in [1.807, 2.05) is 0 Å². The van der Waals surface area contributed by atoms with Gasteiger partial charge in [-0.3, -0.25) is 9.59 Å². The summed E-state index contributed by atoms with van der Waals surface area (Å²) in [6.07, 6.45) is -5.84. The molecule has 5 nitrogen and oxygen atoms in total. The highest BCUT2D eigenvalue weighted by Crippen LogP contribution is 2.46. The van der Waals surface area contributed by atoms with Crippen LogP contribution in [0.5, 0.6) is 5.75 Å². The maximum Gasteiger partial charge on any atom is 0.406 e. The summed E-state index contributed by atoms with van der Waals surface area (Å²) in [5.74, 6) is -3.47. The molecule has 0 bridgehead atoms. The summed E-state index contributed by atoms with van der Waals surface area (Å²) >= 11 is 0.789. The van der Waals surface area contributed by atoms with Crippen molar-refractivity contribution in [3.63, 3.8) is 0 Å². The van der Waals surface area contributed by atoms with E-state index in [-0.39, 0.29) is 4.88 Å². The largest absolute Gasteiger partial charge is 0.481 e. The number of carbonyl (C=O) groups excluding carboxylic acids is 1. The second kappa shape index (κ2) is 6.19. The number of hydrogen-bond donors (Lipinski definition) is 1. The molecule has 1 unspecified atom stereocenters. The fourth-order valence-electron chi connectivity index (χ4n) is 2.48. The Kier molecular flexibility index (Phi) is 4.75. The molecule has 1 amide bonds. The van der Waals surface area contributed by atoms with Crippen LogP contribution in [0.1, 0.15) is 21.0 Å². The molecular formula is C13H12F5NO4S. The molecule has 1 aliphatic heterocycles. The Hall–Kier alpha value is -1.91. The first-order valence-electron chi connectivity index (χ1n) is 6.62. The molecule has 1 N–H and O–H groups in total. The van der Waals surface area contributed by atoms with Gasteiger partial charge in [0, 0.05) is 18.0 Å². The maximum absolute atomic E-state index is 13.1. The molecule has 1 aromatic rings. The first kappa shape index (κ1) is 18.4. The van der Waals surface area contributed by atoms with E-state index in [4.69, 9.17) is 5.11 Å². The summed E-state index contributed by atoms with van der Waals surface area (Å²) in [7, 11) is 0. The van der Waals surface area contributed by atoms with E-state index in [0.29, 0.717) is 9.78 Å². The number of aliphatic carboxylic acids is 1. The van der Waals surface area contributed by atoms with E-state index in [0.717, 1.165) is 11.3 Å². The zero-order valence-electron chi connectivity index (χ0n) is 12.2. The van der Waals surface area contributed by atoms with Gasteiger partial charge in [0.2, 0.25) is 0 Å². The average Bonchev–Trinajstić information content (AvgIpc) is 3.01. The van der Waals surface area contributed by atoms with E-state index in [2.05, 4.69) is 4.74 Å². The zero-order chi connectivity index (χ0) is 18.3. The van der Waals surface area contributed by atoms with E-state index in [9.17, 15) is 31.5 Å². The van der Waals surface area contributed by atoms with E-state index < -0.39 is 55.3 Å². The van der Waals surface area contributed by atoms with E-state index in [1.165, 1.54) is 13.0 Å². The molecule has 2 rings (SSSR count). The number of ether oxygens (including phenoxy) is 1. The van der Waals surface area contributed by atoms with Gasteiger partial charge in [0.05, 0.1) is 0 Å². The minimum Gasteiger partial charge on any atom is -0.481 e. The Balaban J connectivity index is 2.28. The quantitative estimate of drug-likeness (QED) is 0.824. The fourth-order valence-corrected chi connectivity index (χ4v) is 3.39. The molecule has 0 aliphatic carbocycles. The number of carboxylic acids is 1. The van der Waals surface area contributed by atoms with Crippen LogP contribution in [0, 0.1) is 12.3 Å². The lowest BCUT2D eigenvalue weighted by Gasteiger charge is -2.27. The predicted octanol–water partition coefficient (Wildman–Crippen LogP) is 3.14. The topological polar surface area (TPSA) is 66.8 Å². The van der Waals surface area contributed by atoms with Crippen LogP contribution in [0.2, 0.25) is 0 Å². The summed E-state index contributed by atoms with van der Waals surface area (Å²) < 4.78 is 68.3. The minimum atomic E-state index is -5.04. The highest BCUT2D eigenvalue weighted by atomic mass is 32.1. The predicted molar refractivity (Wildman–Crippen MR) is 72.3 cm³/mol. The molecule has 2 heterocycles. The van der Waals surface area contributed by atoms with Crippen molar-refractivity contribution in [3.05, 3.63) is 15.8 Å². The Labute approximate surface area is 136 Å². The van der Waals surface area contributed by atoms with Gasteiger partial charge in [0.1, 0.15) is 10.6 Å². The zero-order valence-corrected chi connectivity index (χ0v) is 13.0. The number of carboxylic acid groups (broad SMARTS) is 1. The standard InChI is InChI=1S/C13H12F5NO4S/c1-6-4-7(23-11(14)15)8(24-6)9(20)19-3-2-12(5-19,10(21)22)13(16,17)18/h4,11H,2-3,5H2,1H3,(H,21,22). The molecular weight excluding hydrogens is 361 g/mol. The highest BCUT2D eigenvalue weighted by molar-refractivity contribution is 7.14. The molecule has 1 aromatic heterocycles. The van der Waals surface area contributed by atoms with Gasteiger partial charge in [-0.2, -0.15) is 22.0 Å². The van der Waals surface area contributed by atoms with E-state index >= 15 is 0 Å².